The van der Waals surface area contributed by atoms with E-state index >= 15 is 0 Å². The average molecular weight is 311 g/mol. The van der Waals surface area contributed by atoms with Crippen molar-refractivity contribution in [3.63, 3.8) is 0 Å². The van der Waals surface area contributed by atoms with Gasteiger partial charge in [0, 0.05) is 5.38 Å². The van der Waals surface area contributed by atoms with Crippen LogP contribution in [0.15, 0.2) is 23.6 Å². The van der Waals surface area contributed by atoms with Crippen molar-refractivity contribution in [3.05, 3.63) is 50.4 Å². The summed E-state index contributed by atoms with van der Waals surface area (Å²) in [5.41, 5.74) is 1.33. The first kappa shape index (κ1) is 14.5. The second-order valence-electron chi connectivity index (χ2n) is 4.10. The molecule has 0 aliphatic carbocycles. The molecule has 0 spiro atoms. The first-order valence-corrected chi connectivity index (χ1v) is 6.95. The van der Waals surface area contributed by atoms with Gasteiger partial charge < -0.3 is 10.4 Å². The number of hydrogen-bond donors (Lipinski definition) is 2. The van der Waals surface area contributed by atoms with Crippen LogP contribution in [0.1, 0.15) is 31.4 Å². The number of amides is 1. The summed E-state index contributed by atoms with van der Waals surface area (Å²) >= 11 is 7.18. The predicted octanol–water partition coefficient (Wildman–Crippen LogP) is 2.73. The summed E-state index contributed by atoms with van der Waals surface area (Å²) in [6.07, 6.45) is 0. The highest BCUT2D eigenvalue weighted by Crippen LogP contribution is 2.17. The van der Waals surface area contributed by atoms with Crippen LogP contribution < -0.4 is 5.32 Å². The molecule has 2 aromatic rings. The lowest BCUT2D eigenvalue weighted by molar-refractivity contribution is 0.0691. The summed E-state index contributed by atoms with van der Waals surface area (Å²) in [5, 5.41) is 13.8. The molecule has 2 rings (SSSR count). The Kier molecular flexibility index (Phi) is 4.36. The van der Waals surface area contributed by atoms with Crippen LogP contribution in [0.5, 0.6) is 0 Å². The minimum absolute atomic E-state index is 0.0207. The average Bonchev–Trinajstić information content (AvgIpc) is 2.85. The minimum Gasteiger partial charge on any atom is -0.476 e. The molecule has 0 radical (unpaired) electrons. The Morgan fingerprint density at radius 3 is 2.80 bits per heavy atom. The van der Waals surface area contributed by atoms with Crippen molar-refractivity contribution < 1.29 is 14.7 Å². The van der Waals surface area contributed by atoms with Gasteiger partial charge in [-0.05, 0) is 24.6 Å². The molecule has 2 N–H and O–H groups in total. The first-order chi connectivity index (χ1) is 9.47. The molecule has 0 atom stereocenters. The fourth-order valence-electron chi connectivity index (χ4n) is 1.55. The molecule has 104 valence electrons. The lowest BCUT2D eigenvalue weighted by Gasteiger charge is -2.05. The van der Waals surface area contributed by atoms with Gasteiger partial charge in [0.2, 0.25) is 0 Å². The number of aromatic carboxylic acids is 1. The Labute approximate surface area is 124 Å². The molecule has 1 heterocycles. The van der Waals surface area contributed by atoms with Gasteiger partial charge in [-0.25, -0.2) is 9.78 Å². The number of nitrogens with zero attached hydrogens (tertiary/aromatic N) is 1. The Balaban J connectivity index is 2.02. The highest BCUT2D eigenvalue weighted by atomic mass is 35.5. The van der Waals surface area contributed by atoms with Crippen LogP contribution in [-0.4, -0.2) is 22.0 Å². The quantitative estimate of drug-likeness (QED) is 0.910. The zero-order chi connectivity index (χ0) is 14.7. The second-order valence-corrected chi connectivity index (χ2v) is 5.45. The van der Waals surface area contributed by atoms with E-state index in [4.69, 9.17) is 16.7 Å². The Morgan fingerprint density at radius 2 is 2.20 bits per heavy atom. The Hall–Kier alpha value is -1.92. The molecule has 20 heavy (non-hydrogen) atoms. The van der Waals surface area contributed by atoms with Crippen LogP contribution in [0.4, 0.5) is 0 Å². The van der Waals surface area contributed by atoms with Crippen LogP contribution in [0.25, 0.3) is 0 Å². The number of aromatic nitrogens is 1. The van der Waals surface area contributed by atoms with Gasteiger partial charge in [-0.2, -0.15) is 0 Å². The van der Waals surface area contributed by atoms with Gasteiger partial charge in [0.15, 0.2) is 5.69 Å². The molecule has 1 aromatic heterocycles. The van der Waals surface area contributed by atoms with E-state index in [1.54, 1.807) is 18.2 Å². The van der Waals surface area contributed by atoms with Crippen LogP contribution in [0, 0.1) is 6.92 Å². The van der Waals surface area contributed by atoms with Gasteiger partial charge in [-0.1, -0.05) is 17.7 Å². The first-order valence-electron chi connectivity index (χ1n) is 5.69. The molecule has 0 fully saturated rings. The number of carboxylic acids is 1. The van der Waals surface area contributed by atoms with Crippen molar-refractivity contribution in [2.75, 3.05) is 0 Å². The van der Waals surface area contributed by atoms with Crippen molar-refractivity contribution in [1.29, 1.82) is 0 Å². The van der Waals surface area contributed by atoms with Gasteiger partial charge in [-0.15, -0.1) is 11.3 Å². The number of carbonyl (C=O) groups excluding carboxylic acids is 1. The normalized spacial score (nSPS) is 10.3. The van der Waals surface area contributed by atoms with Crippen molar-refractivity contribution in [2.45, 2.75) is 13.5 Å². The molecule has 1 aromatic carbocycles. The third-order valence-electron chi connectivity index (χ3n) is 2.54. The number of thiazole rings is 1. The maximum Gasteiger partial charge on any atom is 0.355 e. The van der Waals surface area contributed by atoms with Gasteiger partial charge >= 0.3 is 5.97 Å². The summed E-state index contributed by atoms with van der Waals surface area (Å²) in [6.45, 7) is 2.05. The van der Waals surface area contributed by atoms with Crippen molar-refractivity contribution in [2.24, 2.45) is 0 Å². The third kappa shape index (κ3) is 3.34. The fraction of sp³-hybridized carbons (Fsp3) is 0.154. The number of nitrogens with one attached hydrogen (secondary N) is 1. The molecular weight excluding hydrogens is 300 g/mol. The van der Waals surface area contributed by atoms with Gasteiger partial charge in [0.1, 0.15) is 5.01 Å². The van der Waals surface area contributed by atoms with Crippen molar-refractivity contribution >= 4 is 34.8 Å². The molecule has 5 nitrogen and oxygen atoms in total. The standard InChI is InChI=1S/C13H11ClN2O3S/c1-7-2-3-8(9(14)4-7)12(17)15-5-11-16-10(6-20-11)13(18)19/h2-4,6H,5H2,1H3,(H,15,17)(H,18,19). The molecule has 0 saturated heterocycles. The van der Waals surface area contributed by atoms with E-state index in [1.165, 1.54) is 16.7 Å². The molecule has 0 saturated carbocycles. The summed E-state index contributed by atoms with van der Waals surface area (Å²) in [6, 6.07) is 5.16. The number of hydrogen-bond acceptors (Lipinski definition) is 4. The lowest BCUT2D eigenvalue weighted by atomic mass is 10.1. The lowest BCUT2D eigenvalue weighted by Crippen LogP contribution is -2.23. The summed E-state index contributed by atoms with van der Waals surface area (Å²) in [4.78, 5) is 26.5. The largest absolute Gasteiger partial charge is 0.476 e. The molecule has 0 aliphatic rings. The summed E-state index contributed by atoms with van der Waals surface area (Å²) in [5.74, 6) is -1.40. The number of halogens is 1. The molecule has 1 amide bonds. The van der Waals surface area contributed by atoms with Gasteiger partial charge in [0.25, 0.3) is 5.91 Å². The number of benzene rings is 1. The molecule has 0 bridgehead atoms. The minimum atomic E-state index is -1.08. The van der Waals surface area contributed by atoms with E-state index in [1.807, 2.05) is 6.92 Å². The zero-order valence-electron chi connectivity index (χ0n) is 10.5. The second kappa shape index (κ2) is 6.02. The van der Waals surface area contributed by atoms with Crippen LogP contribution >= 0.6 is 22.9 Å². The van der Waals surface area contributed by atoms with Gasteiger partial charge in [-0.3, -0.25) is 4.79 Å². The topological polar surface area (TPSA) is 79.3 Å². The van der Waals surface area contributed by atoms with E-state index in [0.29, 0.717) is 15.6 Å². The summed E-state index contributed by atoms with van der Waals surface area (Å²) < 4.78 is 0. The van der Waals surface area contributed by atoms with E-state index < -0.39 is 5.97 Å². The zero-order valence-corrected chi connectivity index (χ0v) is 12.1. The molecule has 0 aliphatic heterocycles. The SMILES string of the molecule is Cc1ccc(C(=O)NCc2nc(C(=O)O)cs2)c(Cl)c1. The van der Waals surface area contributed by atoms with Crippen LogP contribution in [-0.2, 0) is 6.54 Å². The number of rotatable bonds is 4. The van der Waals surface area contributed by atoms with Crippen molar-refractivity contribution in [1.82, 2.24) is 10.3 Å². The molecule has 7 heteroatoms. The predicted molar refractivity (Wildman–Crippen MR) is 76.4 cm³/mol. The Morgan fingerprint density at radius 1 is 1.45 bits per heavy atom. The van der Waals surface area contributed by atoms with E-state index in [9.17, 15) is 9.59 Å². The highest BCUT2D eigenvalue weighted by Gasteiger charge is 2.12. The highest BCUT2D eigenvalue weighted by molar-refractivity contribution is 7.09. The van der Waals surface area contributed by atoms with Crippen LogP contribution in [0.3, 0.4) is 0 Å². The van der Waals surface area contributed by atoms with Gasteiger partial charge in [0.05, 0.1) is 17.1 Å². The van der Waals surface area contributed by atoms with E-state index in [-0.39, 0.29) is 18.1 Å². The van der Waals surface area contributed by atoms with Crippen molar-refractivity contribution in [3.8, 4) is 0 Å². The van der Waals surface area contributed by atoms with Crippen LogP contribution in [0.2, 0.25) is 5.02 Å². The number of carbonyl (C=O) groups is 2. The van der Waals surface area contributed by atoms with E-state index in [2.05, 4.69) is 10.3 Å². The smallest absolute Gasteiger partial charge is 0.355 e. The monoisotopic (exact) mass is 310 g/mol. The number of carboxylic acid groups (broad SMARTS) is 1. The Bertz CT molecular complexity index is 669. The fourth-order valence-corrected chi connectivity index (χ4v) is 2.57. The number of aryl methyl sites for hydroxylation is 1. The maximum atomic E-state index is 12.0. The van der Waals surface area contributed by atoms with E-state index in [0.717, 1.165) is 5.56 Å². The maximum absolute atomic E-state index is 12.0. The third-order valence-corrected chi connectivity index (χ3v) is 3.70. The molecular formula is C13H11ClN2O3S. The molecule has 0 unspecified atom stereocenters. The summed E-state index contributed by atoms with van der Waals surface area (Å²) in [7, 11) is 0.